The Hall–Kier alpha value is -2.73. The minimum atomic E-state index is -0.778. The number of nitrogens with one attached hydrogen (secondary N) is 2. The normalized spacial score (nSPS) is 12.4. The first-order valence-corrected chi connectivity index (χ1v) is 7.69. The molecule has 2 N–H and O–H groups in total. The molecule has 0 aliphatic carbocycles. The summed E-state index contributed by atoms with van der Waals surface area (Å²) < 4.78 is 10.8. The number of rotatable bonds is 2. The van der Waals surface area contributed by atoms with Crippen molar-refractivity contribution in [1.82, 2.24) is 0 Å². The van der Waals surface area contributed by atoms with E-state index in [1.54, 1.807) is 36.4 Å². The molecule has 2 amide bonds. The molecule has 2 aromatic rings. The SMILES string of the molecule is Cc1cc(NC(=O)C(=O)Nc2ccc3c(c2)OCCO3)ccc1Cl. The number of anilines is 2. The van der Waals surface area contributed by atoms with Crippen molar-refractivity contribution in [3.05, 3.63) is 47.0 Å². The van der Waals surface area contributed by atoms with E-state index in [4.69, 9.17) is 21.1 Å². The molecule has 0 unspecified atom stereocenters. The zero-order chi connectivity index (χ0) is 17.1. The van der Waals surface area contributed by atoms with Crippen LogP contribution in [0.2, 0.25) is 5.02 Å². The van der Waals surface area contributed by atoms with Crippen molar-refractivity contribution in [2.45, 2.75) is 6.92 Å². The molecular weight excluding hydrogens is 332 g/mol. The van der Waals surface area contributed by atoms with Crippen LogP contribution in [0.25, 0.3) is 0 Å². The van der Waals surface area contributed by atoms with Crippen LogP contribution in [-0.2, 0) is 9.59 Å². The van der Waals surface area contributed by atoms with E-state index >= 15 is 0 Å². The van der Waals surface area contributed by atoms with Crippen LogP contribution in [-0.4, -0.2) is 25.0 Å². The predicted octanol–water partition coefficient (Wildman–Crippen LogP) is 3.00. The highest BCUT2D eigenvalue weighted by atomic mass is 35.5. The van der Waals surface area contributed by atoms with Crippen LogP contribution in [0, 0.1) is 6.92 Å². The van der Waals surface area contributed by atoms with Gasteiger partial charge in [-0.05, 0) is 42.8 Å². The van der Waals surface area contributed by atoms with Gasteiger partial charge in [0.2, 0.25) is 0 Å². The maximum absolute atomic E-state index is 12.0. The predicted molar refractivity (Wildman–Crippen MR) is 90.9 cm³/mol. The van der Waals surface area contributed by atoms with Gasteiger partial charge in [-0.3, -0.25) is 9.59 Å². The van der Waals surface area contributed by atoms with Gasteiger partial charge in [0.25, 0.3) is 0 Å². The highest BCUT2D eigenvalue weighted by molar-refractivity contribution is 6.43. The second-order valence-corrected chi connectivity index (χ2v) is 5.64. The van der Waals surface area contributed by atoms with Crippen LogP contribution in [0.15, 0.2) is 36.4 Å². The van der Waals surface area contributed by atoms with E-state index in [-0.39, 0.29) is 0 Å². The molecule has 0 fully saturated rings. The molecule has 24 heavy (non-hydrogen) atoms. The average Bonchev–Trinajstić information content (AvgIpc) is 2.58. The fourth-order valence-corrected chi connectivity index (χ4v) is 2.34. The zero-order valence-corrected chi connectivity index (χ0v) is 13.6. The Balaban J connectivity index is 1.65. The molecule has 1 aliphatic rings. The Morgan fingerprint density at radius 1 is 0.917 bits per heavy atom. The molecule has 0 spiro atoms. The van der Waals surface area contributed by atoms with E-state index in [0.717, 1.165) is 5.56 Å². The maximum Gasteiger partial charge on any atom is 0.314 e. The Morgan fingerprint density at radius 2 is 1.50 bits per heavy atom. The number of hydrogen-bond acceptors (Lipinski definition) is 4. The third kappa shape index (κ3) is 3.60. The Bertz CT molecular complexity index is 807. The third-order valence-corrected chi connectivity index (χ3v) is 3.85. The number of carbonyl (C=O) groups is 2. The van der Waals surface area contributed by atoms with E-state index in [2.05, 4.69) is 10.6 Å². The first-order valence-electron chi connectivity index (χ1n) is 7.31. The summed E-state index contributed by atoms with van der Waals surface area (Å²) in [6.07, 6.45) is 0. The summed E-state index contributed by atoms with van der Waals surface area (Å²) >= 11 is 5.93. The van der Waals surface area contributed by atoms with Crippen molar-refractivity contribution in [1.29, 1.82) is 0 Å². The van der Waals surface area contributed by atoms with Gasteiger partial charge in [0, 0.05) is 22.5 Å². The molecule has 1 heterocycles. The summed E-state index contributed by atoms with van der Waals surface area (Å²) in [5.41, 5.74) is 1.76. The lowest BCUT2D eigenvalue weighted by Gasteiger charge is -2.18. The summed E-state index contributed by atoms with van der Waals surface area (Å²) in [7, 11) is 0. The summed E-state index contributed by atoms with van der Waals surface area (Å²) in [6, 6.07) is 9.93. The highest BCUT2D eigenvalue weighted by Crippen LogP contribution is 2.32. The number of fused-ring (bicyclic) bond motifs is 1. The van der Waals surface area contributed by atoms with E-state index in [9.17, 15) is 9.59 Å². The zero-order valence-electron chi connectivity index (χ0n) is 12.9. The molecule has 7 heteroatoms. The van der Waals surface area contributed by atoms with Gasteiger partial charge >= 0.3 is 11.8 Å². The number of carbonyl (C=O) groups excluding carboxylic acids is 2. The molecule has 0 bridgehead atoms. The minimum Gasteiger partial charge on any atom is -0.486 e. The monoisotopic (exact) mass is 346 g/mol. The van der Waals surface area contributed by atoms with Crippen molar-refractivity contribution in [3.63, 3.8) is 0 Å². The molecule has 124 valence electrons. The lowest BCUT2D eigenvalue weighted by atomic mass is 10.2. The summed E-state index contributed by atoms with van der Waals surface area (Å²) in [5, 5.41) is 5.64. The minimum absolute atomic E-state index is 0.445. The number of amides is 2. The average molecular weight is 347 g/mol. The summed E-state index contributed by atoms with van der Waals surface area (Å²) in [5.74, 6) is -0.404. The van der Waals surface area contributed by atoms with Gasteiger partial charge in [-0.25, -0.2) is 0 Å². The fourth-order valence-electron chi connectivity index (χ4n) is 2.22. The van der Waals surface area contributed by atoms with Crippen LogP contribution < -0.4 is 20.1 Å². The molecule has 0 radical (unpaired) electrons. The lowest BCUT2D eigenvalue weighted by molar-refractivity contribution is -0.133. The number of halogens is 1. The maximum atomic E-state index is 12.0. The van der Waals surface area contributed by atoms with Crippen molar-refractivity contribution in [2.75, 3.05) is 23.8 Å². The molecule has 0 saturated carbocycles. The Labute approximate surface area is 143 Å². The fraction of sp³-hybridized carbons (Fsp3) is 0.176. The third-order valence-electron chi connectivity index (χ3n) is 3.42. The molecule has 2 aromatic carbocycles. The van der Waals surface area contributed by atoms with Crippen molar-refractivity contribution < 1.29 is 19.1 Å². The largest absolute Gasteiger partial charge is 0.486 e. The van der Waals surface area contributed by atoms with Gasteiger partial charge < -0.3 is 20.1 Å². The molecule has 0 aromatic heterocycles. The molecule has 0 saturated heterocycles. The van der Waals surface area contributed by atoms with E-state index in [0.29, 0.717) is 41.1 Å². The van der Waals surface area contributed by atoms with Gasteiger partial charge in [-0.2, -0.15) is 0 Å². The second kappa shape index (κ2) is 6.80. The van der Waals surface area contributed by atoms with Gasteiger partial charge in [0.05, 0.1) is 0 Å². The van der Waals surface area contributed by atoms with E-state index in [1.807, 2.05) is 6.92 Å². The summed E-state index contributed by atoms with van der Waals surface area (Å²) in [6.45, 7) is 2.75. The van der Waals surface area contributed by atoms with Crippen LogP contribution in [0.5, 0.6) is 11.5 Å². The highest BCUT2D eigenvalue weighted by Gasteiger charge is 2.17. The van der Waals surface area contributed by atoms with Crippen LogP contribution in [0.4, 0.5) is 11.4 Å². The van der Waals surface area contributed by atoms with Gasteiger partial charge in [0.1, 0.15) is 13.2 Å². The molecule has 1 aliphatic heterocycles. The molecule has 0 atom stereocenters. The van der Waals surface area contributed by atoms with Crippen molar-refractivity contribution >= 4 is 34.8 Å². The lowest BCUT2D eigenvalue weighted by Crippen LogP contribution is -2.29. The van der Waals surface area contributed by atoms with Gasteiger partial charge in [0.15, 0.2) is 11.5 Å². The number of benzene rings is 2. The molecule has 3 rings (SSSR count). The van der Waals surface area contributed by atoms with Gasteiger partial charge in [-0.15, -0.1) is 0 Å². The number of aryl methyl sites for hydroxylation is 1. The van der Waals surface area contributed by atoms with Crippen LogP contribution in [0.1, 0.15) is 5.56 Å². The van der Waals surface area contributed by atoms with Gasteiger partial charge in [-0.1, -0.05) is 11.6 Å². The quantitative estimate of drug-likeness (QED) is 0.819. The Morgan fingerprint density at radius 3 is 2.17 bits per heavy atom. The van der Waals surface area contributed by atoms with Crippen molar-refractivity contribution in [3.8, 4) is 11.5 Å². The number of ether oxygens (including phenoxy) is 2. The number of hydrogen-bond donors (Lipinski definition) is 2. The first kappa shape index (κ1) is 16.1. The topological polar surface area (TPSA) is 76.7 Å². The van der Waals surface area contributed by atoms with Crippen LogP contribution in [0.3, 0.4) is 0 Å². The van der Waals surface area contributed by atoms with E-state index in [1.165, 1.54) is 0 Å². The Kier molecular flexibility index (Phi) is 4.57. The smallest absolute Gasteiger partial charge is 0.314 e. The molecule has 6 nitrogen and oxygen atoms in total. The van der Waals surface area contributed by atoms with Crippen molar-refractivity contribution in [2.24, 2.45) is 0 Å². The first-order chi connectivity index (χ1) is 11.5. The second-order valence-electron chi connectivity index (χ2n) is 5.23. The summed E-state index contributed by atoms with van der Waals surface area (Å²) in [4.78, 5) is 24.0. The molecular formula is C17H15ClN2O4. The standard InChI is InChI=1S/C17H15ClN2O4/c1-10-8-11(2-4-13(10)18)19-16(21)17(22)20-12-3-5-14-15(9-12)24-7-6-23-14/h2-5,8-9H,6-7H2,1H3,(H,19,21)(H,20,22). The van der Waals surface area contributed by atoms with E-state index < -0.39 is 11.8 Å². The van der Waals surface area contributed by atoms with Crippen LogP contribution >= 0.6 is 11.6 Å².